The van der Waals surface area contributed by atoms with E-state index in [2.05, 4.69) is 32.3 Å². The minimum Gasteiger partial charge on any atom is -0.353 e. The molecule has 4 rings (SSSR count). The Morgan fingerprint density at radius 2 is 2.08 bits per heavy atom. The highest BCUT2D eigenvalue weighted by Gasteiger charge is 2.32. The number of nitrogens with zero attached hydrogens (tertiary/aromatic N) is 3. The number of amides is 1. The van der Waals surface area contributed by atoms with Crippen molar-refractivity contribution >= 4 is 33.3 Å². The first-order chi connectivity index (χ1) is 11.7. The molecule has 1 fully saturated rings. The molecule has 5 nitrogen and oxygen atoms in total. The average molecular weight is 338 g/mol. The Labute approximate surface area is 144 Å². The predicted molar refractivity (Wildman–Crippen MR) is 96.4 cm³/mol. The van der Waals surface area contributed by atoms with Crippen molar-refractivity contribution in [2.24, 2.45) is 0 Å². The second-order valence-corrected chi connectivity index (χ2v) is 6.82. The van der Waals surface area contributed by atoms with Crippen molar-refractivity contribution in [2.75, 3.05) is 18.0 Å². The van der Waals surface area contributed by atoms with E-state index in [1.807, 2.05) is 36.6 Å². The molecule has 3 aromatic rings. The van der Waals surface area contributed by atoms with Gasteiger partial charge in [-0.15, -0.1) is 11.3 Å². The lowest BCUT2D eigenvalue weighted by Gasteiger charge is -2.36. The SMILES string of the molecule is Cc1nc(N2CCNC(=O)[C@@H]2Cc2ccccc2)c2ccsc2n1. The number of thiophene rings is 1. The smallest absolute Gasteiger partial charge is 0.243 e. The number of aromatic nitrogens is 2. The number of hydrogen-bond acceptors (Lipinski definition) is 5. The molecule has 0 spiro atoms. The fourth-order valence-corrected chi connectivity index (χ4v) is 3.98. The number of carbonyl (C=O) groups is 1. The minimum absolute atomic E-state index is 0.0600. The van der Waals surface area contributed by atoms with Crippen LogP contribution in [0.4, 0.5) is 5.82 Å². The van der Waals surface area contributed by atoms with Crippen molar-refractivity contribution < 1.29 is 4.79 Å². The Hall–Kier alpha value is -2.47. The zero-order valence-electron chi connectivity index (χ0n) is 13.4. The monoisotopic (exact) mass is 338 g/mol. The van der Waals surface area contributed by atoms with E-state index in [1.165, 1.54) is 0 Å². The summed E-state index contributed by atoms with van der Waals surface area (Å²) in [5.41, 5.74) is 1.15. The molecule has 1 N–H and O–H groups in total. The van der Waals surface area contributed by atoms with Gasteiger partial charge >= 0.3 is 0 Å². The lowest BCUT2D eigenvalue weighted by molar-refractivity contribution is -0.123. The standard InChI is InChI=1S/C18H18N4OS/c1-12-20-16(14-7-10-24-18(14)21-12)22-9-8-19-17(23)15(22)11-13-5-3-2-4-6-13/h2-7,10,15H,8-9,11H2,1H3,(H,19,23)/t15-/m0/s1. The maximum atomic E-state index is 12.5. The first-order valence-corrected chi connectivity index (χ1v) is 8.90. The summed E-state index contributed by atoms with van der Waals surface area (Å²) < 4.78 is 0. The largest absolute Gasteiger partial charge is 0.353 e. The summed E-state index contributed by atoms with van der Waals surface area (Å²) in [6.07, 6.45) is 0.668. The van der Waals surface area contributed by atoms with Crippen molar-refractivity contribution in [2.45, 2.75) is 19.4 Å². The Bertz CT molecular complexity index is 877. The van der Waals surface area contributed by atoms with Crippen LogP contribution in [0.1, 0.15) is 11.4 Å². The molecule has 1 saturated heterocycles. The zero-order valence-corrected chi connectivity index (χ0v) is 14.2. The second kappa shape index (κ2) is 6.20. The van der Waals surface area contributed by atoms with Crippen LogP contribution in [0, 0.1) is 6.92 Å². The van der Waals surface area contributed by atoms with Crippen molar-refractivity contribution in [1.82, 2.24) is 15.3 Å². The molecule has 2 aromatic heterocycles. The topological polar surface area (TPSA) is 58.1 Å². The Morgan fingerprint density at radius 3 is 2.92 bits per heavy atom. The summed E-state index contributed by atoms with van der Waals surface area (Å²) in [5, 5.41) is 6.04. The van der Waals surface area contributed by atoms with E-state index in [0.29, 0.717) is 13.0 Å². The van der Waals surface area contributed by atoms with E-state index in [1.54, 1.807) is 11.3 Å². The third-order valence-corrected chi connectivity index (χ3v) is 5.10. The van der Waals surface area contributed by atoms with Gasteiger partial charge in [0, 0.05) is 19.5 Å². The van der Waals surface area contributed by atoms with Crippen LogP contribution in [0.3, 0.4) is 0 Å². The number of anilines is 1. The quantitative estimate of drug-likeness (QED) is 0.797. The first-order valence-electron chi connectivity index (χ1n) is 8.02. The molecule has 0 bridgehead atoms. The molecular weight excluding hydrogens is 320 g/mol. The van der Waals surface area contributed by atoms with Crippen LogP contribution in [-0.2, 0) is 11.2 Å². The van der Waals surface area contributed by atoms with Crippen molar-refractivity contribution in [3.05, 3.63) is 53.2 Å². The highest BCUT2D eigenvalue weighted by molar-refractivity contribution is 7.16. The molecule has 122 valence electrons. The molecule has 0 unspecified atom stereocenters. The molecule has 1 aromatic carbocycles. The maximum absolute atomic E-state index is 12.5. The van der Waals surface area contributed by atoms with Gasteiger partial charge in [-0.25, -0.2) is 9.97 Å². The van der Waals surface area contributed by atoms with Gasteiger partial charge in [0.15, 0.2) is 0 Å². The van der Waals surface area contributed by atoms with Crippen LogP contribution < -0.4 is 10.2 Å². The highest BCUT2D eigenvalue weighted by atomic mass is 32.1. The van der Waals surface area contributed by atoms with E-state index in [9.17, 15) is 4.79 Å². The highest BCUT2D eigenvalue weighted by Crippen LogP contribution is 2.30. The van der Waals surface area contributed by atoms with E-state index in [0.717, 1.165) is 34.0 Å². The van der Waals surface area contributed by atoms with Crippen molar-refractivity contribution in [3.8, 4) is 0 Å². The lowest BCUT2D eigenvalue weighted by atomic mass is 10.0. The van der Waals surface area contributed by atoms with Gasteiger partial charge in [0.25, 0.3) is 0 Å². The fourth-order valence-electron chi connectivity index (χ4n) is 3.17. The van der Waals surface area contributed by atoms with Gasteiger partial charge < -0.3 is 10.2 Å². The number of benzene rings is 1. The Balaban J connectivity index is 1.75. The summed E-state index contributed by atoms with van der Waals surface area (Å²) in [6, 6.07) is 11.9. The third-order valence-electron chi connectivity index (χ3n) is 4.29. The molecule has 0 radical (unpaired) electrons. The van der Waals surface area contributed by atoms with Crippen molar-refractivity contribution in [3.63, 3.8) is 0 Å². The summed E-state index contributed by atoms with van der Waals surface area (Å²) >= 11 is 1.61. The fraction of sp³-hybridized carbons (Fsp3) is 0.278. The van der Waals surface area contributed by atoms with Gasteiger partial charge in [-0.3, -0.25) is 4.79 Å². The van der Waals surface area contributed by atoms with Gasteiger partial charge in [-0.05, 0) is 23.9 Å². The zero-order chi connectivity index (χ0) is 16.5. The molecule has 0 aliphatic carbocycles. The van der Waals surface area contributed by atoms with E-state index < -0.39 is 0 Å². The summed E-state index contributed by atoms with van der Waals surface area (Å²) in [7, 11) is 0. The number of carbonyl (C=O) groups excluding carboxylic acids is 1. The number of nitrogens with one attached hydrogen (secondary N) is 1. The normalized spacial score (nSPS) is 18.0. The van der Waals surface area contributed by atoms with Gasteiger partial charge in [-0.1, -0.05) is 30.3 Å². The van der Waals surface area contributed by atoms with E-state index in [4.69, 9.17) is 0 Å². The summed E-state index contributed by atoms with van der Waals surface area (Å²) in [4.78, 5) is 24.8. The molecular formula is C18H18N4OS. The maximum Gasteiger partial charge on any atom is 0.243 e. The van der Waals surface area contributed by atoms with Crippen LogP contribution in [0.25, 0.3) is 10.2 Å². The number of fused-ring (bicyclic) bond motifs is 1. The van der Waals surface area contributed by atoms with Crippen LogP contribution >= 0.6 is 11.3 Å². The molecule has 1 atom stereocenters. The molecule has 3 heterocycles. The van der Waals surface area contributed by atoms with Gasteiger partial charge in [0.2, 0.25) is 5.91 Å². The molecule has 1 amide bonds. The van der Waals surface area contributed by atoms with Crippen LogP contribution in [0.2, 0.25) is 0 Å². The van der Waals surface area contributed by atoms with E-state index in [-0.39, 0.29) is 11.9 Å². The van der Waals surface area contributed by atoms with Gasteiger partial charge in [0.1, 0.15) is 22.5 Å². The van der Waals surface area contributed by atoms with Crippen LogP contribution in [0.5, 0.6) is 0 Å². The van der Waals surface area contributed by atoms with Crippen molar-refractivity contribution in [1.29, 1.82) is 0 Å². The van der Waals surface area contributed by atoms with Gasteiger partial charge in [-0.2, -0.15) is 0 Å². The predicted octanol–water partition coefficient (Wildman–Crippen LogP) is 2.55. The van der Waals surface area contributed by atoms with E-state index >= 15 is 0 Å². The second-order valence-electron chi connectivity index (χ2n) is 5.92. The molecule has 24 heavy (non-hydrogen) atoms. The van der Waals surface area contributed by atoms with Crippen LogP contribution in [-0.4, -0.2) is 35.0 Å². The molecule has 1 aliphatic rings. The first kappa shape index (κ1) is 15.1. The molecule has 0 saturated carbocycles. The Morgan fingerprint density at radius 1 is 1.25 bits per heavy atom. The Kier molecular flexibility index (Phi) is 3.90. The minimum atomic E-state index is -0.251. The molecule has 1 aliphatic heterocycles. The number of hydrogen-bond donors (Lipinski definition) is 1. The third kappa shape index (κ3) is 2.73. The summed E-state index contributed by atoms with van der Waals surface area (Å²) in [5.74, 6) is 1.67. The number of aryl methyl sites for hydroxylation is 1. The number of rotatable bonds is 3. The van der Waals surface area contributed by atoms with Gasteiger partial charge in [0.05, 0.1) is 5.39 Å². The number of piperazine rings is 1. The average Bonchev–Trinajstić information content (AvgIpc) is 3.05. The summed E-state index contributed by atoms with van der Waals surface area (Å²) in [6.45, 7) is 3.29. The van der Waals surface area contributed by atoms with Crippen LogP contribution in [0.15, 0.2) is 41.8 Å². The lowest BCUT2D eigenvalue weighted by Crippen LogP contribution is -2.56. The molecule has 6 heteroatoms.